The van der Waals surface area contributed by atoms with Crippen LogP contribution in [0.25, 0.3) is 0 Å². The normalized spacial score (nSPS) is 20.0. The Kier molecular flexibility index (Phi) is 5.73. The number of nitrogens with zero attached hydrogens (tertiary/aromatic N) is 3. The third-order valence-corrected chi connectivity index (χ3v) is 7.27. The molecule has 1 unspecified atom stereocenters. The second-order valence-corrected chi connectivity index (χ2v) is 9.22. The largest absolute Gasteiger partial charge is 0.378 e. The lowest BCUT2D eigenvalue weighted by Crippen LogP contribution is -2.47. The van der Waals surface area contributed by atoms with Gasteiger partial charge in [-0.3, -0.25) is 4.79 Å². The quantitative estimate of drug-likeness (QED) is 0.518. The van der Waals surface area contributed by atoms with Crippen LogP contribution in [0.4, 0.5) is 5.82 Å². The van der Waals surface area contributed by atoms with E-state index in [4.69, 9.17) is 16.3 Å². The Balaban J connectivity index is 2.03. The lowest BCUT2D eigenvalue weighted by Gasteiger charge is -2.29. The van der Waals surface area contributed by atoms with E-state index in [1.807, 2.05) is 4.90 Å². The number of carbonyl (C=O) groups is 1. The van der Waals surface area contributed by atoms with E-state index in [9.17, 15) is 13.2 Å². The predicted octanol–water partition coefficient (Wildman–Crippen LogP) is 0.714. The van der Waals surface area contributed by atoms with Crippen LogP contribution < -0.4 is 10.2 Å². The van der Waals surface area contributed by atoms with Gasteiger partial charge in [0.1, 0.15) is 5.82 Å². The number of amides is 1. The van der Waals surface area contributed by atoms with Gasteiger partial charge in [-0.25, -0.2) is 18.4 Å². The van der Waals surface area contributed by atoms with E-state index in [-0.39, 0.29) is 11.0 Å². The molecule has 1 aliphatic carbocycles. The number of anilines is 1. The average molecular weight is 415 g/mol. The van der Waals surface area contributed by atoms with E-state index in [2.05, 4.69) is 21.9 Å². The molecule has 1 aromatic heterocycles. The van der Waals surface area contributed by atoms with Gasteiger partial charge in [-0.15, -0.1) is 6.58 Å². The van der Waals surface area contributed by atoms with Crippen LogP contribution in [0.2, 0.25) is 5.28 Å². The molecule has 0 radical (unpaired) electrons. The van der Waals surface area contributed by atoms with E-state index in [1.54, 1.807) is 6.07 Å². The first-order valence-electron chi connectivity index (χ1n) is 8.76. The topological polar surface area (TPSA) is 101 Å². The summed E-state index contributed by atoms with van der Waals surface area (Å²) in [4.78, 5) is 23.1. The van der Waals surface area contributed by atoms with Gasteiger partial charge in [0, 0.05) is 31.6 Å². The number of aromatic nitrogens is 2. The summed E-state index contributed by atoms with van der Waals surface area (Å²) >= 11 is 6.15. The third-order valence-electron chi connectivity index (χ3n) is 5.01. The van der Waals surface area contributed by atoms with E-state index in [1.165, 1.54) is 13.1 Å². The van der Waals surface area contributed by atoms with Crippen molar-refractivity contribution in [2.45, 2.75) is 23.5 Å². The van der Waals surface area contributed by atoms with Crippen LogP contribution in [0.3, 0.4) is 0 Å². The number of hydrogen-bond donors (Lipinski definition) is 1. The Bertz CT molecular complexity index is 835. The molecule has 1 aromatic rings. The first-order valence-corrected chi connectivity index (χ1v) is 10.9. The Hall–Kier alpha value is -1.71. The molecule has 0 bridgehead atoms. The minimum atomic E-state index is -3.74. The van der Waals surface area contributed by atoms with Gasteiger partial charge in [-0.05, 0) is 24.4 Å². The molecule has 3 rings (SSSR count). The van der Waals surface area contributed by atoms with E-state index >= 15 is 0 Å². The smallest absolute Gasteiger partial charge is 0.239 e. The minimum Gasteiger partial charge on any atom is -0.378 e. The molecule has 2 fully saturated rings. The zero-order chi connectivity index (χ0) is 19.7. The molecule has 2 aliphatic rings. The fourth-order valence-corrected chi connectivity index (χ4v) is 5.74. The molecule has 0 spiro atoms. The standard InChI is InChI=1S/C17H23ClN4O4S/c1-3-10-27(24,25)14(15(23)19-2)17(4-5-17)12-11-13(21-16(18)20-12)22-6-8-26-9-7-22/h3,11,14H,1,4-10H2,2H3,(H,19,23). The second-order valence-electron chi connectivity index (χ2n) is 6.75. The number of sulfone groups is 1. The van der Waals surface area contributed by atoms with Crippen molar-refractivity contribution in [3.63, 3.8) is 0 Å². The number of hydrogen-bond acceptors (Lipinski definition) is 7. The zero-order valence-electron chi connectivity index (χ0n) is 15.1. The number of carbonyl (C=O) groups excluding carboxylic acids is 1. The summed E-state index contributed by atoms with van der Waals surface area (Å²) in [6, 6.07) is 1.75. The molecule has 148 valence electrons. The minimum absolute atomic E-state index is 0.0389. The molecule has 27 heavy (non-hydrogen) atoms. The fraction of sp³-hybridized carbons (Fsp3) is 0.588. The Morgan fingerprint density at radius 2 is 2.11 bits per heavy atom. The maximum absolute atomic E-state index is 12.8. The van der Waals surface area contributed by atoms with Gasteiger partial charge in [0.25, 0.3) is 0 Å². The van der Waals surface area contributed by atoms with Gasteiger partial charge in [-0.1, -0.05) is 6.08 Å². The monoisotopic (exact) mass is 414 g/mol. The molecule has 1 atom stereocenters. The van der Waals surface area contributed by atoms with E-state index in [0.717, 1.165) is 0 Å². The fourth-order valence-electron chi connectivity index (χ4n) is 3.55. The van der Waals surface area contributed by atoms with Crippen LogP contribution in [-0.2, 0) is 24.8 Å². The summed E-state index contributed by atoms with van der Waals surface area (Å²) in [5, 5.41) is 1.28. The highest BCUT2D eigenvalue weighted by Crippen LogP contribution is 2.53. The number of ether oxygens (including phenoxy) is 1. The van der Waals surface area contributed by atoms with Gasteiger partial charge >= 0.3 is 0 Å². The highest BCUT2D eigenvalue weighted by molar-refractivity contribution is 7.93. The predicted molar refractivity (Wildman–Crippen MR) is 103 cm³/mol. The first-order chi connectivity index (χ1) is 12.8. The number of rotatable bonds is 7. The summed E-state index contributed by atoms with van der Waals surface area (Å²) in [6.07, 6.45) is 2.38. The molecule has 1 saturated heterocycles. The van der Waals surface area contributed by atoms with Crippen LogP contribution in [0.5, 0.6) is 0 Å². The van der Waals surface area contributed by atoms with Crippen molar-refractivity contribution >= 4 is 33.2 Å². The van der Waals surface area contributed by atoms with Crippen molar-refractivity contribution in [2.24, 2.45) is 0 Å². The SMILES string of the molecule is C=CCS(=O)(=O)C(C(=O)NC)C1(c2cc(N3CCOCC3)nc(Cl)n2)CC1. The van der Waals surface area contributed by atoms with Gasteiger partial charge in [0.05, 0.1) is 24.7 Å². The molecule has 1 N–H and O–H groups in total. The number of halogens is 1. The molecule has 2 heterocycles. The van der Waals surface area contributed by atoms with Crippen LogP contribution in [0.15, 0.2) is 18.7 Å². The van der Waals surface area contributed by atoms with Crippen molar-refractivity contribution in [3.8, 4) is 0 Å². The molecular weight excluding hydrogens is 392 g/mol. The lowest BCUT2D eigenvalue weighted by molar-refractivity contribution is -0.120. The van der Waals surface area contributed by atoms with Crippen LogP contribution in [0.1, 0.15) is 18.5 Å². The Morgan fingerprint density at radius 1 is 1.44 bits per heavy atom. The molecule has 10 heteroatoms. The zero-order valence-corrected chi connectivity index (χ0v) is 16.7. The van der Waals surface area contributed by atoms with Gasteiger partial charge in [0.2, 0.25) is 11.2 Å². The summed E-state index contributed by atoms with van der Waals surface area (Å²) in [5.41, 5.74) is -0.402. The van der Waals surface area contributed by atoms with Crippen molar-refractivity contribution < 1.29 is 17.9 Å². The van der Waals surface area contributed by atoms with Crippen LogP contribution in [-0.4, -0.2) is 68.6 Å². The van der Waals surface area contributed by atoms with Crippen LogP contribution in [0, 0.1) is 0 Å². The van der Waals surface area contributed by atoms with Gasteiger partial charge in [-0.2, -0.15) is 0 Å². The third kappa shape index (κ3) is 3.95. The summed E-state index contributed by atoms with van der Waals surface area (Å²) < 4.78 is 31.0. The van der Waals surface area contributed by atoms with Crippen molar-refractivity contribution in [1.82, 2.24) is 15.3 Å². The Labute approximate surface area is 163 Å². The maximum Gasteiger partial charge on any atom is 0.239 e. The summed E-state index contributed by atoms with van der Waals surface area (Å²) in [7, 11) is -2.31. The first kappa shape index (κ1) is 20.0. The highest BCUT2D eigenvalue weighted by atomic mass is 35.5. The average Bonchev–Trinajstić information content (AvgIpc) is 3.43. The molecule has 1 amide bonds. The highest BCUT2D eigenvalue weighted by Gasteiger charge is 2.60. The van der Waals surface area contributed by atoms with E-state index < -0.39 is 26.4 Å². The van der Waals surface area contributed by atoms with Gasteiger partial charge in [0.15, 0.2) is 15.1 Å². The number of nitrogens with one attached hydrogen (secondary N) is 1. The molecule has 0 aromatic carbocycles. The van der Waals surface area contributed by atoms with Crippen molar-refractivity contribution in [2.75, 3.05) is 44.0 Å². The number of morpholine rings is 1. The van der Waals surface area contributed by atoms with E-state index in [0.29, 0.717) is 50.7 Å². The molecular formula is C17H23ClN4O4S. The second kappa shape index (κ2) is 7.73. The molecule has 1 saturated carbocycles. The summed E-state index contributed by atoms with van der Waals surface area (Å²) in [5.74, 6) is -0.199. The van der Waals surface area contributed by atoms with Gasteiger partial charge < -0.3 is 15.0 Å². The van der Waals surface area contributed by atoms with Crippen molar-refractivity contribution in [3.05, 3.63) is 29.7 Å². The Morgan fingerprint density at radius 3 is 2.67 bits per heavy atom. The summed E-state index contributed by atoms with van der Waals surface area (Å²) in [6.45, 7) is 5.98. The molecule has 8 nitrogen and oxygen atoms in total. The molecule has 1 aliphatic heterocycles. The van der Waals surface area contributed by atoms with Crippen LogP contribution >= 0.6 is 11.6 Å². The lowest BCUT2D eigenvalue weighted by atomic mass is 9.96. The van der Waals surface area contributed by atoms with Crippen molar-refractivity contribution in [1.29, 1.82) is 0 Å². The maximum atomic E-state index is 12.8.